The van der Waals surface area contributed by atoms with E-state index < -0.39 is 12.0 Å². The summed E-state index contributed by atoms with van der Waals surface area (Å²) in [6.07, 6.45) is 0.711. The summed E-state index contributed by atoms with van der Waals surface area (Å²) >= 11 is 0. The summed E-state index contributed by atoms with van der Waals surface area (Å²) in [7, 11) is 0. The number of ether oxygens (including phenoxy) is 2. The molecule has 1 atom stereocenters. The Morgan fingerprint density at radius 3 is 2.38 bits per heavy atom. The van der Waals surface area contributed by atoms with Crippen molar-refractivity contribution in [2.75, 3.05) is 50.7 Å². The number of carbonyl (C=O) groups is 3. The number of nitrogens with zero attached hydrogens (tertiary/aromatic N) is 4. The molecule has 2 aliphatic rings. The summed E-state index contributed by atoms with van der Waals surface area (Å²) in [5, 5.41) is 0. The second-order valence-electron chi connectivity index (χ2n) is 9.67. The largest absolute Gasteiger partial charge is 0.460 e. The van der Waals surface area contributed by atoms with Gasteiger partial charge >= 0.3 is 18.0 Å². The summed E-state index contributed by atoms with van der Waals surface area (Å²) in [6, 6.07) is 19.6. The molecule has 0 spiro atoms. The van der Waals surface area contributed by atoms with Crippen LogP contribution >= 0.6 is 0 Å². The van der Waals surface area contributed by atoms with Gasteiger partial charge in [0.05, 0.1) is 19.4 Å². The topological polar surface area (TPSA) is 131 Å². The van der Waals surface area contributed by atoms with Crippen molar-refractivity contribution >= 4 is 29.5 Å². The monoisotopic (exact) mass is 545 g/mol. The molecule has 1 unspecified atom stereocenters. The number of furan rings is 1. The second kappa shape index (κ2) is 12.6. The maximum Gasteiger partial charge on any atom is 0.414 e. The van der Waals surface area contributed by atoms with E-state index >= 15 is 0 Å². The SMILES string of the molecule is NC(=NC(=O)c1ccco1)c1ccc(N2CC(CN3CCN(CC(=O)OCc4ccccc4)CC3)OC2=O)cc1. The minimum Gasteiger partial charge on any atom is -0.460 e. The molecule has 11 heteroatoms. The zero-order valence-electron chi connectivity index (χ0n) is 22.0. The highest BCUT2D eigenvalue weighted by molar-refractivity contribution is 6.08. The highest BCUT2D eigenvalue weighted by atomic mass is 16.6. The van der Waals surface area contributed by atoms with Gasteiger partial charge in [0.1, 0.15) is 18.5 Å². The lowest BCUT2D eigenvalue weighted by Crippen LogP contribution is -2.50. The third kappa shape index (κ3) is 6.93. The van der Waals surface area contributed by atoms with Crippen molar-refractivity contribution in [3.05, 3.63) is 89.9 Å². The number of carbonyl (C=O) groups excluding carboxylic acids is 3. The summed E-state index contributed by atoms with van der Waals surface area (Å²) in [6.45, 7) is 4.57. The minimum absolute atomic E-state index is 0.0541. The van der Waals surface area contributed by atoms with E-state index in [1.165, 1.54) is 12.3 Å². The Kier molecular flexibility index (Phi) is 8.53. The van der Waals surface area contributed by atoms with Gasteiger partial charge in [-0.15, -0.1) is 0 Å². The molecular weight excluding hydrogens is 514 g/mol. The van der Waals surface area contributed by atoms with Crippen LogP contribution in [0.15, 0.2) is 82.4 Å². The van der Waals surface area contributed by atoms with Gasteiger partial charge in [-0.1, -0.05) is 30.3 Å². The minimum atomic E-state index is -0.568. The van der Waals surface area contributed by atoms with E-state index in [4.69, 9.17) is 19.6 Å². The first kappa shape index (κ1) is 27.1. The number of amidine groups is 1. The number of cyclic esters (lactones) is 1. The van der Waals surface area contributed by atoms with Crippen molar-refractivity contribution in [2.24, 2.45) is 10.7 Å². The van der Waals surface area contributed by atoms with Crippen LogP contribution in [-0.4, -0.2) is 85.5 Å². The van der Waals surface area contributed by atoms with Crippen LogP contribution in [0, 0.1) is 0 Å². The molecule has 40 heavy (non-hydrogen) atoms. The second-order valence-corrected chi connectivity index (χ2v) is 9.67. The molecule has 2 fully saturated rings. The summed E-state index contributed by atoms with van der Waals surface area (Å²) in [4.78, 5) is 46.7. The van der Waals surface area contributed by atoms with Gasteiger partial charge in [-0.05, 0) is 42.0 Å². The highest BCUT2D eigenvalue weighted by Gasteiger charge is 2.34. The van der Waals surface area contributed by atoms with Crippen molar-refractivity contribution in [2.45, 2.75) is 12.7 Å². The third-order valence-electron chi connectivity index (χ3n) is 6.82. The maximum absolute atomic E-state index is 12.6. The lowest BCUT2D eigenvalue weighted by atomic mass is 10.1. The smallest absolute Gasteiger partial charge is 0.414 e. The predicted molar refractivity (Wildman–Crippen MR) is 147 cm³/mol. The van der Waals surface area contributed by atoms with Crippen LogP contribution in [0.5, 0.6) is 0 Å². The van der Waals surface area contributed by atoms with Gasteiger partial charge in [0, 0.05) is 44.0 Å². The summed E-state index contributed by atoms with van der Waals surface area (Å²) in [5.41, 5.74) is 8.16. The van der Waals surface area contributed by atoms with Crippen LogP contribution in [-0.2, 0) is 20.9 Å². The van der Waals surface area contributed by atoms with Crippen molar-refractivity contribution in [1.82, 2.24) is 9.80 Å². The van der Waals surface area contributed by atoms with Gasteiger partial charge in [0.2, 0.25) is 0 Å². The lowest BCUT2D eigenvalue weighted by Gasteiger charge is -2.34. The van der Waals surface area contributed by atoms with E-state index in [2.05, 4.69) is 14.8 Å². The van der Waals surface area contributed by atoms with Crippen LogP contribution in [0.3, 0.4) is 0 Å². The Morgan fingerprint density at radius 2 is 1.68 bits per heavy atom. The Morgan fingerprint density at radius 1 is 0.950 bits per heavy atom. The van der Waals surface area contributed by atoms with E-state index in [1.807, 2.05) is 30.3 Å². The quantitative estimate of drug-likeness (QED) is 0.245. The number of rotatable bonds is 9. The normalized spacial score (nSPS) is 18.5. The molecule has 3 aromatic rings. The Labute approximate surface area is 231 Å². The Hall–Kier alpha value is -4.48. The first-order valence-electron chi connectivity index (χ1n) is 13.1. The average molecular weight is 546 g/mol. The van der Waals surface area contributed by atoms with Crippen LogP contribution < -0.4 is 10.6 Å². The van der Waals surface area contributed by atoms with Crippen molar-refractivity contribution < 1.29 is 28.3 Å². The van der Waals surface area contributed by atoms with Crippen LogP contribution in [0.25, 0.3) is 0 Å². The van der Waals surface area contributed by atoms with Gasteiger partial charge < -0.3 is 19.6 Å². The fourth-order valence-corrected chi connectivity index (χ4v) is 4.65. The van der Waals surface area contributed by atoms with E-state index in [1.54, 1.807) is 35.2 Å². The molecule has 2 amide bonds. The molecule has 0 saturated carbocycles. The van der Waals surface area contributed by atoms with E-state index in [9.17, 15) is 14.4 Å². The molecule has 1 aromatic heterocycles. The highest BCUT2D eigenvalue weighted by Crippen LogP contribution is 2.23. The third-order valence-corrected chi connectivity index (χ3v) is 6.82. The van der Waals surface area contributed by atoms with Gasteiger partial charge in [0.15, 0.2) is 5.76 Å². The molecule has 0 bridgehead atoms. The number of amides is 2. The summed E-state index contributed by atoms with van der Waals surface area (Å²) < 4.78 is 16.1. The number of esters is 1. The number of anilines is 1. The molecule has 2 N–H and O–H groups in total. The maximum atomic E-state index is 12.6. The van der Waals surface area contributed by atoms with Gasteiger partial charge in [-0.25, -0.2) is 4.79 Å². The number of piperazine rings is 1. The fourth-order valence-electron chi connectivity index (χ4n) is 4.65. The molecular formula is C29H31N5O6. The fraction of sp³-hybridized carbons (Fsp3) is 0.310. The number of nitrogens with two attached hydrogens (primary N) is 1. The summed E-state index contributed by atoms with van der Waals surface area (Å²) in [5.74, 6) is -0.645. The molecule has 0 radical (unpaired) electrons. The molecule has 3 heterocycles. The molecule has 2 aromatic carbocycles. The number of benzene rings is 2. The first-order valence-corrected chi connectivity index (χ1v) is 13.1. The predicted octanol–water partition coefficient (Wildman–Crippen LogP) is 2.51. The van der Waals surface area contributed by atoms with Crippen LogP contribution in [0.4, 0.5) is 10.5 Å². The lowest BCUT2D eigenvalue weighted by molar-refractivity contribution is -0.146. The van der Waals surface area contributed by atoms with E-state index in [-0.39, 0.29) is 36.8 Å². The van der Waals surface area contributed by atoms with Crippen molar-refractivity contribution in [3.8, 4) is 0 Å². The van der Waals surface area contributed by atoms with Gasteiger partial charge in [-0.3, -0.25) is 24.3 Å². The van der Waals surface area contributed by atoms with Gasteiger partial charge in [0.25, 0.3) is 0 Å². The number of aliphatic imine (C=N–C) groups is 1. The van der Waals surface area contributed by atoms with Crippen LogP contribution in [0.1, 0.15) is 21.7 Å². The van der Waals surface area contributed by atoms with Crippen molar-refractivity contribution in [3.63, 3.8) is 0 Å². The van der Waals surface area contributed by atoms with Crippen molar-refractivity contribution in [1.29, 1.82) is 0 Å². The van der Waals surface area contributed by atoms with Crippen LogP contribution in [0.2, 0.25) is 0 Å². The Bertz CT molecular complexity index is 1340. The van der Waals surface area contributed by atoms with Gasteiger partial charge in [-0.2, -0.15) is 4.99 Å². The number of hydrogen-bond acceptors (Lipinski definition) is 8. The molecule has 208 valence electrons. The molecule has 2 saturated heterocycles. The molecule has 5 rings (SSSR count). The molecule has 0 aliphatic carbocycles. The first-order chi connectivity index (χ1) is 19.4. The zero-order valence-corrected chi connectivity index (χ0v) is 22.0. The Balaban J connectivity index is 1.06. The molecule has 11 nitrogen and oxygen atoms in total. The average Bonchev–Trinajstić information content (AvgIpc) is 3.64. The standard InChI is InChI=1S/C29H31N5O6/c30-27(31-28(36)25-7-4-16-38-25)22-8-10-23(11-9-22)34-18-24(40-29(34)37)17-32-12-14-33(15-13-32)19-26(35)39-20-21-5-2-1-3-6-21/h1-11,16,24H,12-15,17-20H2,(H2,30,31,36). The zero-order chi connectivity index (χ0) is 27.9. The van der Waals surface area contributed by atoms with E-state index in [0.29, 0.717) is 24.3 Å². The van der Waals surface area contributed by atoms with E-state index in [0.717, 1.165) is 31.7 Å². The molecule has 2 aliphatic heterocycles. The number of hydrogen-bond donors (Lipinski definition) is 1.